The van der Waals surface area contributed by atoms with E-state index in [9.17, 15) is 9.90 Å². The van der Waals surface area contributed by atoms with Crippen LogP contribution in [-0.2, 0) is 0 Å². The largest absolute Gasteiger partial charge is 0.506 e. The molecule has 0 bridgehead atoms. The maximum Gasteiger partial charge on any atom is 0.178 e. The second kappa shape index (κ2) is 4.23. The first-order valence-corrected chi connectivity index (χ1v) is 5.79. The van der Waals surface area contributed by atoms with E-state index in [4.69, 9.17) is 11.6 Å². The molecule has 0 radical (unpaired) electrons. The van der Waals surface area contributed by atoms with Gasteiger partial charge >= 0.3 is 0 Å². The molecule has 16 heavy (non-hydrogen) atoms. The van der Waals surface area contributed by atoms with Crippen molar-refractivity contribution in [2.24, 2.45) is 0 Å². The molecule has 1 aromatic carbocycles. The molecule has 82 valence electrons. The number of aromatic nitrogens is 1. The van der Waals surface area contributed by atoms with E-state index in [0.29, 0.717) is 10.7 Å². The standard InChI is InChI=1S/C11H8ClNO2S/c1-6(14)9-5-16-11(13-9)7-2-3-10(15)8(12)4-7/h2-5,15H,1H3. The fraction of sp³-hybridized carbons (Fsp3) is 0.0909. The lowest BCUT2D eigenvalue weighted by molar-refractivity contribution is 0.101. The molecular formula is C11H8ClNO2S. The van der Waals surface area contributed by atoms with E-state index >= 15 is 0 Å². The first-order chi connectivity index (χ1) is 7.58. The number of hydrogen-bond donors (Lipinski definition) is 1. The molecule has 0 saturated heterocycles. The minimum atomic E-state index is -0.0626. The molecule has 0 amide bonds. The maximum absolute atomic E-state index is 11.1. The van der Waals surface area contributed by atoms with Crippen LogP contribution in [0.3, 0.4) is 0 Å². The van der Waals surface area contributed by atoms with Gasteiger partial charge in [0.25, 0.3) is 0 Å². The number of carbonyl (C=O) groups excluding carboxylic acids is 1. The average Bonchev–Trinajstić information content (AvgIpc) is 2.71. The van der Waals surface area contributed by atoms with E-state index in [1.54, 1.807) is 17.5 Å². The topological polar surface area (TPSA) is 50.2 Å². The Morgan fingerprint density at radius 2 is 2.25 bits per heavy atom. The number of rotatable bonds is 2. The second-order valence-corrected chi connectivity index (χ2v) is 4.53. The third kappa shape index (κ3) is 2.08. The van der Waals surface area contributed by atoms with Crippen LogP contribution in [0.1, 0.15) is 17.4 Å². The van der Waals surface area contributed by atoms with Gasteiger partial charge in [0, 0.05) is 17.9 Å². The van der Waals surface area contributed by atoms with E-state index in [1.807, 2.05) is 0 Å². The zero-order valence-corrected chi connectivity index (χ0v) is 9.97. The molecule has 0 fully saturated rings. The van der Waals surface area contributed by atoms with Gasteiger partial charge in [-0.05, 0) is 18.2 Å². The van der Waals surface area contributed by atoms with E-state index in [2.05, 4.69) is 4.98 Å². The van der Waals surface area contributed by atoms with Crippen LogP contribution in [0.5, 0.6) is 5.75 Å². The molecule has 1 N–H and O–H groups in total. The van der Waals surface area contributed by atoms with Gasteiger partial charge in [-0.2, -0.15) is 0 Å². The van der Waals surface area contributed by atoms with Gasteiger partial charge < -0.3 is 5.11 Å². The SMILES string of the molecule is CC(=O)c1csc(-c2ccc(O)c(Cl)c2)n1. The van der Waals surface area contributed by atoms with Crippen molar-refractivity contribution in [1.29, 1.82) is 0 Å². The highest BCUT2D eigenvalue weighted by atomic mass is 35.5. The summed E-state index contributed by atoms with van der Waals surface area (Å²) >= 11 is 7.17. The molecule has 2 aromatic rings. The first kappa shape index (κ1) is 11.1. The van der Waals surface area contributed by atoms with Gasteiger partial charge in [0.2, 0.25) is 0 Å². The molecule has 1 aromatic heterocycles. The molecule has 0 atom stereocenters. The van der Waals surface area contributed by atoms with Crippen LogP contribution in [0, 0.1) is 0 Å². The quantitative estimate of drug-likeness (QED) is 0.835. The van der Waals surface area contributed by atoms with Crippen molar-refractivity contribution >= 4 is 28.7 Å². The highest BCUT2D eigenvalue weighted by Gasteiger charge is 2.09. The zero-order chi connectivity index (χ0) is 11.7. The monoisotopic (exact) mass is 253 g/mol. The number of carbonyl (C=O) groups is 1. The molecule has 0 aliphatic carbocycles. The maximum atomic E-state index is 11.1. The summed E-state index contributed by atoms with van der Waals surface area (Å²) in [6, 6.07) is 4.84. The highest BCUT2D eigenvalue weighted by Crippen LogP contribution is 2.30. The smallest absolute Gasteiger partial charge is 0.178 e. The molecule has 5 heteroatoms. The lowest BCUT2D eigenvalue weighted by atomic mass is 10.2. The number of phenols is 1. The Balaban J connectivity index is 2.42. The van der Waals surface area contributed by atoms with Gasteiger partial charge in [0.1, 0.15) is 16.5 Å². The second-order valence-electron chi connectivity index (χ2n) is 3.26. The van der Waals surface area contributed by atoms with Crippen LogP contribution in [0.25, 0.3) is 10.6 Å². The van der Waals surface area contributed by atoms with Gasteiger partial charge in [-0.25, -0.2) is 4.98 Å². The van der Waals surface area contributed by atoms with Crippen LogP contribution in [0.15, 0.2) is 23.6 Å². The summed E-state index contributed by atoms with van der Waals surface area (Å²) in [4.78, 5) is 15.3. The molecule has 3 nitrogen and oxygen atoms in total. The highest BCUT2D eigenvalue weighted by molar-refractivity contribution is 7.13. The van der Waals surface area contributed by atoms with Crippen molar-refractivity contribution in [1.82, 2.24) is 4.98 Å². The summed E-state index contributed by atoms with van der Waals surface area (Å²) in [5.74, 6) is -0.0267. The van der Waals surface area contributed by atoms with Gasteiger partial charge in [-0.1, -0.05) is 11.6 Å². The van der Waals surface area contributed by atoms with E-state index in [0.717, 1.165) is 5.56 Å². The van der Waals surface area contributed by atoms with Crippen LogP contribution in [0.4, 0.5) is 0 Å². The van der Waals surface area contributed by atoms with Gasteiger partial charge in [-0.3, -0.25) is 4.79 Å². The number of phenolic OH excluding ortho intramolecular Hbond substituents is 1. The molecule has 0 spiro atoms. The molecule has 0 aliphatic rings. The number of hydrogen-bond acceptors (Lipinski definition) is 4. The van der Waals surface area contributed by atoms with E-state index < -0.39 is 0 Å². The van der Waals surface area contributed by atoms with Crippen LogP contribution in [0.2, 0.25) is 5.02 Å². The number of nitrogens with zero attached hydrogens (tertiary/aromatic N) is 1. The summed E-state index contributed by atoms with van der Waals surface area (Å²) in [6.45, 7) is 1.47. The van der Waals surface area contributed by atoms with Crippen LogP contribution >= 0.6 is 22.9 Å². The molecule has 0 saturated carbocycles. The number of ketones is 1. The van der Waals surface area contributed by atoms with E-state index in [1.165, 1.54) is 24.3 Å². The molecule has 2 rings (SSSR count). The van der Waals surface area contributed by atoms with Crippen molar-refractivity contribution in [3.63, 3.8) is 0 Å². The average molecular weight is 254 g/mol. The Bertz CT molecular complexity index is 551. The predicted octanol–water partition coefficient (Wildman–Crippen LogP) is 3.37. The molecule has 0 unspecified atom stereocenters. The normalized spacial score (nSPS) is 10.4. The van der Waals surface area contributed by atoms with Gasteiger partial charge in [0.05, 0.1) is 5.02 Å². The zero-order valence-electron chi connectivity index (χ0n) is 8.40. The summed E-state index contributed by atoms with van der Waals surface area (Å²) in [5.41, 5.74) is 1.24. The Kier molecular flexibility index (Phi) is 2.94. The van der Waals surface area contributed by atoms with Gasteiger partial charge in [-0.15, -0.1) is 11.3 Å². The Morgan fingerprint density at radius 3 is 2.81 bits per heavy atom. The van der Waals surface area contributed by atoms with Crippen molar-refractivity contribution in [2.45, 2.75) is 6.92 Å². The lowest BCUT2D eigenvalue weighted by Gasteiger charge is -1.99. The summed E-state index contributed by atoms with van der Waals surface area (Å²) in [7, 11) is 0. The number of aromatic hydroxyl groups is 1. The summed E-state index contributed by atoms with van der Waals surface area (Å²) in [5, 5.41) is 12.0. The van der Waals surface area contributed by atoms with Gasteiger partial charge in [0.15, 0.2) is 5.78 Å². The number of Topliss-reactive ketones (excluding diaryl/α,β-unsaturated/α-hetero) is 1. The molecular weight excluding hydrogens is 246 g/mol. The van der Waals surface area contributed by atoms with Crippen molar-refractivity contribution < 1.29 is 9.90 Å². The summed E-state index contributed by atoms with van der Waals surface area (Å²) < 4.78 is 0. The van der Waals surface area contributed by atoms with Crippen molar-refractivity contribution in [3.05, 3.63) is 34.3 Å². The Morgan fingerprint density at radius 1 is 1.50 bits per heavy atom. The molecule has 0 aliphatic heterocycles. The fourth-order valence-corrected chi connectivity index (χ4v) is 2.24. The minimum Gasteiger partial charge on any atom is -0.506 e. The van der Waals surface area contributed by atoms with E-state index in [-0.39, 0.29) is 16.6 Å². The number of benzene rings is 1. The van der Waals surface area contributed by atoms with Crippen LogP contribution in [-0.4, -0.2) is 15.9 Å². The minimum absolute atomic E-state index is 0.0359. The first-order valence-electron chi connectivity index (χ1n) is 4.53. The summed E-state index contributed by atoms with van der Waals surface area (Å²) in [6.07, 6.45) is 0. The van der Waals surface area contributed by atoms with Crippen molar-refractivity contribution in [2.75, 3.05) is 0 Å². The molecule has 1 heterocycles. The Labute approximate surface area is 101 Å². The fourth-order valence-electron chi connectivity index (χ4n) is 1.21. The third-order valence-corrected chi connectivity index (χ3v) is 3.25. The van der Waals surface area contributed by atoms with Crippen LogP contribution < -0.4 is 0 Å². The number of halogens is 1. The third-order valence-electron chi connectivity index (χ3n) is 2.06. The Hall–Kier alpha value is -1.39. The van der Waals surface area contributed by atoms with Crippen molar-refractivity contribution in [3.8, 4) is 16.3 Å². The lowest BCUT2D eigenvalue weighted by Crippen LogP contribution is -1.91. The predicted molar refractivity (Wildman–Crippen MR) is 64.2 cm³/mol. The number of thiazole rings is 1.